The van der Waals surface area contributed by atoms with Gasteiger partial charge in [0.25, 0.3) is 5.56 Å². The van der Waals surface area contributed by atoms with E-state index < -0.39 is 6.43 Å². The van der Waals surface area contributed by atoms with Crippen molar-refractivity contribution < 1.29 is 8.78 Å². The van der Waals surface area contributed by atoms with Gasteiger partial charge in [-0.25, -0.2) is 13.8 Å². The van der Waals surface area contributed by atoms with Crippen LogP contribution in [0, 0.1) is 0 Å². The zero-order valence-corrected chi connectivity index (χ0v) is 13.0. The lowest BCUT2D eigenvalue weighted by Gasteiger charge is -2.26. The van der Waals surface area contributed by atoms with E-state index in [0.29, 0.717) is 16.1 Å². The molecule has 1 fully saturated rings. The fraction of sp³-hybridized carbons (Fsp3) is 0.500. The maximum Gasteiger partial charge on any atom is 0.262 e. The van der Waals surface area contributed by atoms with Gasteiger partial charge in [-0.05, 0) is 25.0 Å². The van der Waals surface area contributed by atoms with E-state index in [1.165, 1.54) is 6.42 Å². The highest BCUT2D eigenvalue weighted by Gasteiger charge is 2.22. The number of rotatable bonds is 4. The molecule has 0 aliphatic heterocycles. The van der Waals surface area contributed by atoms with Crippen LogP contribution in [-0.4, -0.2) is 21.7 Å². The predicted octanol–water partition coefficient (Wildman–Crippen LogP) is 4.26. The summed E-state index contributed by atoms with van der Waals surface area (Å²) in [6.45, 7) is 0. The van der Waals surface area contributed by atoms with E-state index in [1.807, 2.05) is 6.07 Å². The number of hydrogen-bond donors (Lipinski definition) is 0. The lowest BCUT2D eigenvalue weighted by Crippen LogP contribution is -2.29. The number of hydrogen-bond acceptors (Lipinski definition) is 3. The molecule has 1 aliphatic carbocycles. The first-order valence-corrected chi connectivity index (χ1v) is 8.57. The standard InChI is InChI=1S/C16H18F2N2OS/c17-14(18)10-22-16-19-13-9-5-4-8-12(13)15(21)20(16)11-6-2-1-3-7-11/h4-5,8-9,11,14H,1-3,6-7,10H2. The SMILES string of the molecule is O=c1c2ccccc2nc(SCC(F)F)n1C1CCCCC1. The van der Waals surface area contributed by atoms with Gasteiger partial charge in [-0.15, -0.1) is 0 Å². The Balaban J connectivity index is 2.10. The number of nitrogens with zero attached hydrogens (tertiary/aromatic N) is 2. The average Bonchev–Trinajstić information content (AvgIpc) is 2.54. The van der Waals surface area contributed by atoms with Crippen LogP contribution in [0.2, 0.25) is 0 Å². The minimum absolute atomic E-state index is 0.0820. The Morgan fingerprint density at radius 1 is 1.23 bits per heavy atom. The molecule has 2 aromatic rings. The lowest BCUT2D eigenvalue weighted by molar-refractivity contribution is 0.176. The van der Waals surface area contributed by atoms with Crippen LogP contribution in [0.25, 0.3) is 10.9 Å². The summed E-state index contributed by atoms with van der Waals surface area (Å²) in [7, 11) is 0. The van der Waals surface area contributed by atoms with Gasteiger partial charge >= 0.3 is 0 Å². The number of para-hydroxylation sites is 1. The quantitative estimate of drug-likeness (QED) is 0.622. The molecule has 0 spiro atoms. The van der Waals surface area contributed by atoms with Crippen molar-refractivity contribution in [2.75, 3.05) is 5.75 Å². The van der Waals surface area contributed by atoms with E-state index in [2.05, 4.69) is 4.98 Å². The van der Waals surface area contributed by atoms with Crippen molar-refractivity contribution in [2.24, 2.45) is 0 Å². The lowest BCUT2D eigenvalue weighted by atomic mass is 9.95. The van der Waals surface area contributed by atoms with Crippen molar-refractivity contribution in [3.05, 3.63) is 34.6 Å². The molecular weight excluding hydrogens is 306 g/mol. The molecule has 0 atom stereocenters. The van der Waals surface area contributed by atoms with Gasteiger partial charge in [0.1, 0.15) is 0 Å². The minimum atomic E-state index is -2.41. The molecule has 22 heavy (non-hydrogen) atoms. The second kappa shape index (κ2) is 6.77. The first-order valence-electron chi connectivity index (χ1n) is 7.59. The third kappa shape index (κ3) is 3.16. The van der Waals surface area contributed by atoms with Crippen LogP contribution >= 0.6 is 11.8 Å². The summed E-state index contributed by atoms with van der Waals surface area (Å²) in [5.41, 5.74) is 0.477. The topological polar surface area (TPSA) is 34.9 Å². The molecule has 0 saturated heterocycles. The highest BCUT2D eigenvalue weighted by molar-refractivity contribution is 7.99. The average molecular weight is 324 g/mol. The first-order chi connectivity index (χ1) is 10.7. The Morgan fingerprint density at radius 3 is 2.68 bits per heavy atom. The zero-order valence-electron chi connectivity index (χ0n) is 12.2. The fourth-order valence-electron chi connectivity index (χ4n) is 3.03. The number of halogens is 2. The molecule has 1 saturated carbocycles. The Bertz CT molecular complexity index is 711. The van der Waals surface area contributed by atoms with E-state index in [0.717, 1.165) is 37.4 Å². The van der Waals surface area contributed by atoms with Crippen LogP contribution in [-0.2, 0) is 0 Å². The Labute approximate surface area is 131 Å². The van der Waals surface area contributed by atoms with Crippen molar-refractivity contribution in [2.45, 2.75) is 49.7 Å². The molecule has 1 aromatic heterocycles. The van der Waals surface area contributed by atoms with Crippen LogP contribution in [0.15, 0.2) is 34.2 Å². The Kier molecular flexibility index (Phi) is 4.76. The second-order valence-corrected chi connectivity index (χ2v) is 6.57. The summed E-state index contributed by atoms with van der Waals surface area (Å²) < 4.78 is 26.8. The normalized spacial score (nSPS) is 16.5. The number of thioether (sulfide) groups is 1. The third-order valence-electron chi connectivity index (χ3n) is 4.05. The maximum atomic E-state index is 12.8. The summed E-state index contributed by atoms with van der Waals surface area (Å²) in [5, 5.41) is 0.991. The van der Waals surface area contributed by atoms with Gasteiger partial charge in [0, 0.05) is 6.04 Å². The monoisotopic (exact) mass is 324 g/mol. The minimum Gasteiger partial charge on any atom is -0.284 e. The Hall–Kier alpha value is -1.43. The number of aromatic nitrogens is 2. The molecule has 1 aliphatic rings. The van der Waals surface area contributed by atoms with Gasteiger partial charge in [0.15, 0.2) is 5.16 Å². The molecule has 0 amide bonds. The molecule has 0 bridgehead atoms. The van der Waals surface area contributed by atoms with Crippen molar-refractivity contribution in [3.63, 3.8) is 0 Å². The van der Waals surface area contributed by atoms with Gasteiger partial charge < -0.3 is 0 Å². The molecule has 6 heteroatoms. The van der Waals surface area contributed by atoms with E-state index in [-0.39, 0.29) is 17.4 Å². The summed E-state index contributed by atoms with van der Waals surface area (Å²) in [4.78, 5) is 17.3. The molecule has 0 N–H and O–H groups in total. The molecule has 3 rings (SSSR count). The van der Waals surface area contributed by atoms with Crippen molar-refractivity contribution in [1.29, 1.82) is 0 Å². The van der Waals surface area contributed by atoms with E-state index >= 15 is 0 Å². The molecule has 1 aromatic carbocycles. The van der Waals surface area contributed by atoms with E-state index in [1.54, 1.807) is 22.8 Å². The zero-order chi connectivity index (χ0) is 15.5. The number of alkyl halides is 2. The van der Waals surface area contributed by atoms with Crippen LogP contribution in [0.1, 0.15) is 38.1 Å². The number of fused-ring (bicyclic) bond motifs is 1. The van der Waals surface area contributed by atoms with E-state index in [9.17, 15) is 13.6 Å². The van der Waals surface area contributed by atoms with E-state index in [4.69, 9.17) is 0 Å². The summed E-state index contributed by atoms with van der Waals surface area (Å²) in [6, 6.07) is 7.21. The summed E-state index contributed by atoms with van der Waals surface area (Å²) in [6.07, 6.45) is 2.75. The van der Waals surface area contributed by atoms with Gasteiger partial charge in [-0.3, -0.25) is 9.36 Å². The van der Waals surface area contributed by atoms with Crippen molar-refractivity contribution in [3.8, 4) is 0 Å². The highest BCUT2D eigenvalue weighted by atomic mass is 32.2. The molecule has 118 valence electrons. The summed E-state index contributed by atoms with van der Waals surface area (Å²) in [5.74, 6) is -0.336. The fourth-order valence-corrected chi connectivity index (χ4v) is 3.84. The first kappa shape index (κ1) is 15.5. The van der Waals surface area contributed by atoms with Crippen LogP contribution in [0.5, 0.6) is 0 Å². The van der Waals surface area contributed by atoms with Crippen molar-refractivity contribution >= 4 is 22.7 Å². The number of benzene rings is 1. The predicted molar refractivity (Wildman–Crippen MR) is 84.9 cm³/mol. The van der Waals surface area contributed by atoms with Crippen LogP contribution in [0.3, 0.4) is 0 Å². The molecule has 0 radical (unpaired) electrons. The molecule has 1 heterocycles. The summed E-state index contributed by atoms with van der Waals surface area (Å²) >= 11 is 0.980. The highest BCUT2D eigenvalue weighted by Crippen LogP contribution is 2.31. The second-order valence-electron chi connectivity index (χ2n) is 5.58. The maximum absolute atomic E-state index is 12.8. The molecule has 3 nitrogen and oxygen atoms in total. The van der Waals surface area contributed by atoms with Gasteiger partial charge in [0.05, 0.1) is 16.7 Å². The van der Waals surface area contributed by atoms with Gasteiger partial charge in [-0.2, -0.15) is 0 Å². The van der Waals surface area contributed by atoms with Crippen molar-refractivity contribution in [1.82, 2.24) is 9.55 Å². The smallest absolute Gasteiger partial charge is 0.262 e. The van der Waals surface area contributed by atoms with Gasteiger partial charge in [0.2, 0.25) is 6.43 Å². The van der Waals surface area contributed by atoms with Crippen LogP contribution in [0.4, 0.5) is 8.78 Å². The molecular formula is C16H18F2N2OS. The van der Waals surface area contributed by atoms with Crippen LogP contribution < -0.4 is 5.56 Å². The third-order valence-corrected chi connectivity index (χ3v) is 5.02. The largest absolute Gasteiger partial charge is 0.284 e. The molecule has 0 unspecified atom stereocenters. The Morgan fingerprint density at radius 2 is 1.95 bits per heavy atom. The van der Waals surface area contributed by atoms with Gasteiger partial charge in [-0.1, -0.05) is 43.2 Å².